The third kappa shape index (κ3) is 29.5. The molecule has 25 nitrogen and oxygen atoms in total. The van der Waals surface area contributed by atoms with Crippen LogP contribution in [-0.2, 0) is 57.5 Å². The van der Waals surface area contributed by atoms with E-state index in [9.17, 15) is 72.9 Å². The van der Waals surface area contributed by atoms with Crippen LogP contribution in [0, 0.1) is 18.8 Å². The molecule has 0 spiro atoms. The van der Waals surface area contributed by atoms with Crippen molar-refractivity contribution >= 4 is 70.9 Å². The van der Waals surface area contributed by atoms with Crippen molar-refractivity contribution < 1.29 is 77.6 Å². The van der Waals surface area contributed by atoms with Crippen molar-refractivity contribution in [2.75, 3.05) is 32.7 Å². The molecule has 1 aliphatic rings. The number of benzene rings is 1. The molecule has 472 valence electrons. The summed E-state index contributed by atoms with van der Waals surface area (Å²) in [5, 5.41) is 49.4. The molecule has 2 rings (SSSR count). The fourth-order valence-corrected chi connectivity index (χ4v) is 9.14. The van der Waals surface area contributed by atoms with Gasteiger partial charge in [0.25, 0.3) is 0 Å². The highest BCUT2D eigenvalue weighted by atomic mass is 16.5. The van der Waals surface area contributed by atoms with E-state index in [1.54, 1.807) is 45.0 Å². The van der Waals surface area contributed by atoms with Crippen LogP contribution in [0.5, 0.6) is 5.75 Å². The number of likely N-dealkylation sites (tertiary alicyclic amines) is 1. The molecule has 1 aromatic carbocycles. The molecule has 1 heterocycles. The Morgan fingerprint density at radius 1 is 0.595 bits per heavy atom. The van der Waals surface area contributed by atoms with Gasteiger partial charge < -0.3 is 67.5 Å². The number of carbonyl (C=O) groups is 12. The molecule has 1 aromatic rings. The molecular formula is C59H95N9O16. The Hall–Kier alpha value is -7.02. The number of aliphatic hydroxyl groups excluding tert-OH is 2. The quantitative estimate of drug-likeness (QED) is 0.0253. The summed E-state index contributed by atoms with van der Waals surface area (Å²) in [4.78, 5) is 156. The second kappa shape index (κ2) is 40.3. The minimum Gasteiger partial charge on any atom is -0.481 e. The number of ether oxygens (including phenoxy) is 1. The predicted molar refractivity (Wildman–Crippen MR) is 310 cm³/mol. The zero-order valence-corrected chi connectivity index (χ0v) is 50.3. The van der Waals surface area contributed by atoms with Crippen LogP contribution in [0.1, 0.15) is 176 Å². The largest absolute Gasteiger partial charge is 0.481 e. The Labute approximate surface area is 493 Å². The van der Waals surface area contributed by atoms with Gasteiger partial charge in [-0.2, -0.15) is 0 Å². The number of aryl methyl sites for hydroxylation is 1. The summed E-state index contributed by atoms with van der Waals surface area (Å²) in [7, 11) is 0. The molecule has 0 radical (unpaired) electrons. The summed E-state index contributed by atoms with van der Waals surface area (Å²) in [6, 6.07) is 0.179. The van der Waals surface area contributed by atoms with Crippen LogP contribution in [0.25, 0.3) is 0 Å². The number of Topliss-reactive ketones (excluding diaryl/α,β-unsaturated/α-hetero) is 1. The number of carbonyl (C=O) groups excluding carboxylic acids is 11. The number of carboxylic acids is 1. The second-order valence-electron chi connectivity index (χ2n) is 22.1. The van der Waals surface area contributed by atoms with Gasteiger partial charge in [0, 0.05) is 25.8 Å². The zero-order valence-electron chi connectivity index (χ0n) is 50.3. The topological polar surface area (TPSA) is 374 Å². The Bertz CT molecular complexity index is 2320. The highest BCUT2D eigenvalue weighted by molar-refractivity contribution is 5.97. The third-order valence-corrected chi connectivity index (χ3v) is 14.4. The highest BCUT2D eigenvalue weighted by Gasteiger charge is 2.40. The lowest BCUT2D eigenvalue weighted by Gasteiger charge is -2.31. The van der Waals surface area contributed by atoms with Gasteiger partial charge in [-0.15, -0.1) is 0 Å². The van der Waals surface area contributed by atoms with Gasteiger partial charge in [-0.05, 0) is 63.5 Å². The molecule has 1 aliphatic heterocycles. The number of aliphatic carboxylic acids is 1. The maximum atomic E-state index is 14.0. The number of aliphatic hydroxyl groups is 2. The average Bonchev–Trinajstić information content (AvgIpc) is 4.11. The fraction of sp³-hybridized carbons (Fsp3) is 0.695. The molecule has 25 heteroatoms. The molecule has 11 N–H and O–H groups in total. The summed E-state index contributed by atoms with van der Waals surface area (Å²) in [6.45, 7) is 9.77. The van der Waals surface area contributed by atoms with Crippen LogP contribution in [0.4, 0.5) is 0 Å². The van der Waals surface area contributed by atoms with E-state index < -0.39 is 145 Å². The molecule has 84 heavy (non-hydrogen) atoms. The zero-order chi connectivity index (χ0) is 62.7. The van der Waals surface area contributed by atoms with E-state index in [2.05, 4.69) is 49.5 Å². The van der Waals surface area contributed by atoms with Crippen molar-refractivity contribution in [2.45, 2.75) is 219 Å². The minimum absolute atomic E-state index is 0.0721. The van der Waals surface area contributed by atoms with Crippen LogP contribution >= 0.6 is 0 Å². The molecular weight excluding hydrogens is 1090 g/mol. The second-order valence-corrected chi connectivity index (χ2v) is 22.1. The number of rotatable bonds is 42. The van der Waals surface area contributed by atoms with Crippen molar-refractivity contribution in [1.82, 2.24) is 47.4 Å². The Morgan fingerprint density at radius 3 is 1.69 bits per heavy atom. The van der Waals surface area contributed by atoms with Gasteiger partial charge in [0.1, 0.15) is 36.0 Å². The molecule has 0 saturated carbocycles. The lowest BCUT2D eigenvalue weighted by Crippen LogP contribution is -2.59. The van der Waals surface area contributed by atoms with Gasteiger partial charge in [-0.25, -0.2) is 4.79 Å². The number of esters is 1. The van der Waals surface area contributed by atoms with Crippen molar-refractivity contribution in [2.24, 2.45) is 11.8 Å². The maximum Gasteiger partial charge on any atom is 0.334 e. The van der Waals surface area contributed by atoms with Crippen molar-refractivity contribution in [1.29, 1.82) is 0 Å². The summed E-state index contributed by atoms with van der Waals surface area (Å²) < 4.78 is 5.48. The first-order chi connectivity index (χ1) is 39.9. The van der Waals surface area contributed by atoms with Crippen LogP contribution in [0.3, 0.4) is 0 Å². The Kier molecular flexibility index (Phi) is 35.0. The number of carboxylic acid groups (broad SMARTS) is 1. The Balaban J connectivity index is 1.85. The average molecular weight is 1190 g/mol. The first-order valence-corrected chi connectivity index (χ1v) is 29.8. The van der Waals surface area contributed by atoms with E-state index in [0.29, 0.717) is 19.3 Å². The van der Waals surface area contributed by atoms with E-state index in [-0.39, 0.29) is 56.9 Å². The van der Waals surface area contributed by atoms with Gasteiger partial charge in [0.2, 0.25) is 53.2 Å². The smallest absolute Gasteiger partial charge is 0.334 e. The van der Waals surface area contributed by atoms with Crippen molar-refractivity contribution in [3.05, 3.63) is 29.8 Å². The maximum absolute atomic E-state index is 14.0. The summed E-state index contributed by atoms with van der Waals surface area (Å²) in [5.74, 6) is -10.2. The number of amides is 9. The standard InChI is InChI=1S/C59H95N9O16/c1-8-10-11-12-13-14-15-16-17-18-19-21-41(70)32-47(73)60-33-42(71)25-29-46(72)61-34-48(74)67-54(40(7)69)57(81)63-36-49(75)65-52(37(3)4)58(82)68-31-20-22-45(68)56(80)64-44(28-30-51(77)78)55(79)62-35-50(76)66-53(39(6)9-2)59(83)84-43-26-23-38(5)24-27-43/h23-24,26-27,37,39-41,44-45,52-54,69-70H,8-22,25,28-36H2,1-7H3,(H,60,73)(H,61,72)(H,62,79)(H,63,81)(H,64,80)(H,65,75)(H,66,76)(H,67,74)(H,77,78)/t39?,40?,41?,44-,45?,52+,53-,54-/m0/s1. The first kappa shape index (κ1) is 73.1. The number of unbranched alkanes of at least 4 members (excludes halogenated alkanes) is 10. The van der Waals surface area contributed by atoms with Gasteiger partial charge in [0.05, 0.1) is 44.8 Å². The first-order valence-electron chi connectivity index (χ1n) is 29.8. The molecule has 0 aliphatic carbocycles. The van der Waals surface area contributed by atoms with Crippen molar-refractivity contribution in [3.8, 4) is 5.75 Å². The third-order valence-electron chi connectivity index (χ3n) is 14.4. The molecule has 0 bridgehead atoms. The Morgan fingerprint density at radius 2 is 1.13 bits per heavy atom. The molecule has 9 amide bonds. The number of hydrogen-bond acceptors (Lipinski definition) is 15. The summed E-state index contributed by atoms with van der Waals surface area (Å²) in [5.41, 5.74) is 0.943. The van der Waals surface area contributed by atoms with Crippen LogP contribution < -0.4 is 47.3 Å². The summed E-state index contributed by atoms with van der Waals surface area (Å²) >= 11 is 0. The van der Waals surface area contributed by atoms with Gasteiger partial charge in [-0.3, -0.25) is 52.7 Å². The van der Waals surface area contributed by atoms with Gasteiger partial charge in [-0.1, -0.05) is 129 Å². The SMILES string of the molecule is CCCCCCCCCCCCCC(O)CC(=O)NCC(=O)CCC(=O)NCC(=O)N[C@H](C(=O)NCC(=O)N[C@@H](C(=O)N1CCCC1C(=O)N[C@@H](CCC(=O)O)C(=O)NCC(=O)N[C@H](C(=O)Oc1ccc(C)cc1)C(C)CC)C(C)C)C(C)O. The van der Waals surface area contributed by atoms with E-state index in [1.807, 2.05) is 13.8 Å². The predicted octanol–water partition coefficient (Wildman–Crippen LogP) is 2.04. The number of ketones is 1. The van der Waals surface area contributed by atoms with Crippen LogP contribution in [-0.4, -0.2) is 166 Å². The van der Waals surface area contributed by atoms with Crippen LogP contribution in [0.2, 0.25) is 0 Å². The lowest BCUT2D eigenvalue weighted by atomic mass is 9.99. The lowest BCUT2D eigenvalue weighted by molar-refractivity contribution is -0.143. The molecule has 1 fully saturated rings. The van der Waals surface area contributed by atoms with E-state index in [0.717, 1.165) is 31.2 Å². The van der Waals surface area contributed by atoms with Gasteiger partial charge >= 0.3 is 11.9 Å². The van der Waals surface area contributed by atoms with E-state index in [4.69, 9.17) is 4.74 Å². The fourth-order valence-electron chi connectivity index (χ4n) is 9.14. The highest BCUT2D eigenvalue weighted by Crippen LogP contribution is 2.22. The van der Waals surface area contributed by atoms with Crippen molar-refractivity contribution in [3.63, 3.8) is 0 Å². The van der Waals surface area contributed by atoms with E-state index >= 15 is 0 Å². The summed E-state index contributed by atoms with van der Waals surface area (Å²) in [6.07, 6.45) is 10.3. The normalized spacial score (nSPS) is 15.4. The minimum atomic E-state index is -1.60. The monoisotopic (exact) mass is 1190 g/mol. The molecule has 4 unspecified atom stereocenters. The molecule has 8 atom stereocenters. The van der Waals surface area contributed by atoms with E-state index in [1.165, 1.54) is 56.8 Å². The molecule has 0 aromatic heterocycles. The number of nitrogens with one attached hydrogen (secondary N) is 8. The molecule has 1 saturated heterocycles. The number of nitrogens with zero attached hydrogens (tertiary/aromatic N) is 1. The van der Waals surface area contributed by atoms with Crippen LogP contribution in [0.15, 0.2) is 24.3 Å². The van der Waals surface area contributed by atoms with Gasteiger partial charge in [0.15, 0.2) is 5.78 Å². The number of hydrogen-bond donors (Lipinski definition) is 11.